The summed E-state index contributed by atoms with van der Waals surface area (Å²) in [6.07, 6.45) is 3.29. The van der Waals surface area contributed by atoms with Crippen molar-refractivity contribution in [2.24, 2.45) is 7.05 Å². The predicted octanol–water partition coefficient (Wildman–Crippen LogP) is 1.92. The van der Waals surface area contributed by atoms with Gasteiger partial charge in [0.1, 0.15) is 11.4 Å². The Morgan fingerprint density at radius 1 is 1.16 bits per heavy atom. The van der Waals surface area contributed by atoms with E-state index in [0.29, 0.717) is 22.8 Å². The molecule has 2 N–H and O–H groups in total. The molecule has 0 unspecified atom stereocenters. The lowest BCUT2D eigenvalue weighted by molar-refractivity contribution is 0.0946. The van der Waals surface area contributed by atoms with Crippen LogP contribution in [0.1, 0.15) is 10.5 Å². The van der Waals surface area contributed by atoms with Gasteiger partial charge in [-0.25, -0.2) is 12.9 Å². The highest BCUT2D eigenvalue weighted by Crippen LogP contribution is 2.28. The van der Waals surface area contributed by atoms with Gasteiger partial charge in [-0.1, -0.05) is 12.1 Å². The number of hydrogen-bond donors (Lipinski definition) is 2. The van der Waals surface area contributed by atoms with E-state index in [4.69, 9.17) is 4.74 Å². The van der Waals surface area contributed by atoms with Crippen molar-refractivity contribution < 1.29 is 17.9 Å². The monoisotopic (exact) mass is 454 g/mol. The van der Waals surface area contributed by atoms with E-state index in [1.807, 2.05) is 24.3 Å². The third kappa shape index (κ3) is 4.57. The van der Waals surface area contributed by atoms with E-state index >= 15 is 0 Å². The van der Waals surface area contributed by atoms with E-state index in [2.05, 4.69) is 20.2 Å². The summed E-state index contributed by atoms with van der Waals surface area (Å²) < 4.78 is 35.7. The van der Waals surface area contributed by atoms with Gasteiger partial charge in [-0.15, -0.1) is 0 Å². The number of aromatic nitrogens is 4. The molecule has 0 aliphatic rings. The summed E-state index contributed by atoms with van der Waals surface area (Å²) in [5.41, 5.74) is 2.84. The Hall–Kier alpha value is -3.86. The number of sulfonamides is 1. The van der Waals surface area contributed by atoms with Gasteiger partial charge in [0, 0.05) is 31.5 Å². The third-order valence-corrected chi connectivity index (χ3v) is 6.11. The van der Waals surface area contributed by atoms with Crippen LogP contribution < -0.4 is 14.8 Å². The van der Waals surface area contributed by atoms with E-state index < -0.39 is 15.9 Å². The second kappa shape index (κ2) is 8.71. The first-order chi connectivity index (χ1) is 15.4. The van der Waals surface area contributed by atoms with Gasteiger partial charge in [-0.2, -0.15) is 10.2 Å². The molecule has 32 heavy (non-hydrogen) atoms. The lowest BCUT2D eigenvalue weighted by atomic mass is 10.1. The molecule has 0 aliphatic carbocycles. The first-order valence-corrected chi connectivity index (χ1v) is 11.4. The number of hydrogen-bond acceptors (Lipinski definition) is 6. The van der Waals surface area contributed by atoms with Gasteiger partial charge in [0.25, 0.3) is 5.91 Å². The second-order valence-electron chi connectivity index (χ2n) is 7.03. The summed E-state index contributed by atoms with van der Waals surface area (Å²) in [6.45, 7) is -0.0573. The van der Waals surface area contributed by atoms with Crippen molar-refractivity contribution in [3.63, 3.8) is 0 Å². The zero-order valence-electron chi connectivity index (χ0n) is 17.5. The normalized spacial score (nSPS) is 11.4. The molecule has 0 spiro atoms. The van der Waals surface area contributed by atoms with Gasteiger partial charge in [-0.05, 0) is 36.4 Å². The van der Waals surface area contributed by atoms with Gasteiger partial charge in [0.2, 0.25) is 10.0 Å². The minimum atomic E-state index is -3.65. The van der Waals surface area contributed by atoms with Crippen molar-refractivity contribution in [2.45, 2.75) is 0 Å². The van der Waals surface area contributed by atoms with Crippen LogP contribution in [0.2, 0.25) is 0 Å². The maximum Gasteiger partial charge on any atom is 0.269 e. The molecule has 4 aromatic rings. The van der Waals surface area contributed by atoms with E-state index in [1.165, 1.54) is 4.68 Å². The number of anilines is 1. The zero-order valence-corrected chi connectivity index (χ0v) is 18.3. The van der Waals surface area contributed by atoms with Crippen LogP contribution in [-0.2, 0) is 17.1 Å². The summed E-state index contributed by atoms with van der Waals surface area (Å²) in [5.74, 6) is -0.0544. The number of carbonyl (C=O) groups is 1. The number of amides is 1. The highest BCUT2D eigenvalue weighted by atomic mass is 32.2. The number of aryl methyl sites for hydroxylation is 1. The van der Waals surface area contributed by atoms with E-state index in [-0.39, 0.29) is 12.3 Å². The molecule has 0 bridgehead atoms. The van der Waals surface area contributed by atoms with Crippen molar-refractivity contribution in [1.29, 1.82) is 0 Å². The molecule has 10 nitrogen and oxygen atoms in total. The Balaban J connectivity index is 1.38. The molecule has 0 fully saturated rings. The molecule has 0 saturated heterocycles. The van der Waals surface area contributed by atoms with Gasteiger partial charge < -0.3 is 10.1 Å². The summed E-state index contributed by atoms with van der Waals surface area (Å²) in [6, 6.07) is 14.1. The number of nitrogens with zero attached hydrogens (tertiary/aromatic N) is 4. The molecule has 1 aromatic carbocycles. The first kappa shape index (κ1) is 21.4. The fourth-order valence-corrected chi connectivity index (χ4v) is 4.23. The van der Waals surface area contributed by atoms with Gasteiger partial charge >= 0.3 is 0 Å². The zero-order chi connectivity index (χ0) is 22.7. The van der Waals surface area contributed by atoms with Crippen molar-refractivity contribution >= 4 is 27.1 Å². The molecule has 0 atom stereocenters. The Bertz CT molecular complexity index is 1380. The van der Waals surface area contributed by atoms with Crippen LogP contribution in [0, 0.1) is 0 Å². The lowest BCUT2D eigenvalue weighted by Gasteiger charge is -2.09. The van der Waals surface area contributed by atoms with Gasteiger partial charge in [-0.3, -0.25) is 14.2 Å². The van der Waals surface area contributed by atoms with Crippen molar-refractivity contribution in [1.82, 2.24) is 24.7 Å². The highest BCUT2D eigenvalue weighted by molar-refractivity contribution is 7.92. The van der Waals surface area contributed by atoms with Crippen LogP contribution >= 0.6 is 0 Å². The Labute approximate surface area is 184 Å². The topological polar surface area (TPSA) is 120 Å². The second-order valence-corrected chi connectivity index (χ2v) is 8.87. The quantitative estimate of drug-likeness (QED) is 0.420. The molecular formula is C21H22N6O4S. The van der Waals surface area contributed by atoms with E-state index in [0.717, 1.165) is 11.1 Å². The number of fused-ring (bicyclic) bond motifs is 1. The Kier molecular flexibility index (Phi) is 5.82. The van der Waals surface area contributed by atoms with Crippen molar-refractivity contribution in [2.75, 3.05) is 24.1 Å². The van der Waals surface area contributed by atoms with Crippen LogP contribution in [0.4, 0.5) is 5.69 Å². The first-order valence-electron chi connectivity index (χ1n) is 9.76. The fraction of sp³-hybridized carbons (Fsp3) is 0.190. The molecule has 3 heterocycles. The van der Waals surface area contributed by atoms with Crippen molar-refractivity contribution in [3.8, 4) is 17.0 Å². The number of carbonyl (C=O) groups excluding carboxylic acids is 1. The molecule has 0 radical (unpaired) electrons. The van der Waals surface area contributed by atoms with E-state index in [1.54, 1.807) is 55.3 Å². The maximum absolute atomic E-state index is 12.6. The molecular weight excluding hydrogens is 432 g/mol. The Morgan fingerprint density at radius 2 is 1.97 bits per heavy atom. The number of benzene rings is 1. The molecule has 3 aromatic heterocycles. The van der Waals surface area contributed by atoms with E-state index in [9.17, 15) is 13.2 Å². The van der Waals surface area contributed by atoms with Crippen LogP contribution in [0.3, 0.4) is 0 Å². The van der Waals surface area contributed by atoms with Gasteiger partial charge in [0.05, 0.1) is 29.8 Å². The average Bonchev–Trinajstić information content (AvgIpc) is 3.39. The molecule has 11 heteroatoms. The number of rotatable bonds is 8. The number of nitrogens with one attached hydrogen (secondary N) is 2. The number of methoxy groups -OCH3 is 1. The smallest absolute Gasteiger partial charge is 0.269 e. The van der Waals surface area contributed by atoms with Gasteiger partial charge in [0.15, 0.2) is 0 Å². The minimum Gasteiger partial charge on any atom is -0.496 e. The molecule has 166 valence electrons. The summed E-state index contributed by atoms with van der Waals surface area (Å²) in [7, 11) is -0.436. The van der Waals surface area contributed by atoms with Crippen LogP contribution in [-0.4, -0.2) is 53.1 Å². The fourth-order valence-electron chi connectivity index (χ4n) is 3.27. The third-order valence-electron chi connectivity index (χ3n) is 4.82. The maximum atomic E-state index is 12.6. The number of ether oxygens (including phenoxy) is 1. The molecule has 1 amide bonds. The SMILES string of the molecule is COc1ccccc1-c1cc(C(=O)NCCS(=O)(=O)Nc2ccn3nccc3c2)n(C)n1. The standard InChI is InChI=1S/C21H22N6O4S/c1-26-19(14-18(24-26)17-5-3-4-6-20(17)31-2)21(28)22-10-12-32(29,30)25-15-8-11-27-16(13-15)7-9-23-27/h3-9,11,13-14,25H,10,12H2,1-2H3,(H,22,28). The molecule has 0 aliphatic heterocycles. The van der Waals surface area contributed by atoms with Crippen LogP contribution in [0.5, 0.6) is 5.75 Å². The largest absolute Gasteiger partial charge is 0.496 e. The molecule has 0 saturated carbocycles. The predicted molar refractivity (Wildman–Crippen MR) is 120 cm³/mol. The summed E-state index contributed by atoms with van der Waals surface area (Å²) in [4.78, 5) is 12.6. The highest BCUT2D eigenvalue weighted by Gasteiger charge is 2.17. The number of pyridine rings is 1. The summed E-state index contributed by atoms with van der Waals surface area (Å²) in [5, 5.41) is 11.1. The minimum absolute atomic E-state index is 0.0573. The Morgan fingerprint density at radius 3 is 2.78 bits per heavy atom. The van der Waals surface area contributed by atoms with Crippen LogP contribution in [0.25, 0.3) is 16.8 Å². The van der Waals surface area contributed by atoms with Crippen molar-refractivity contribution in [3.05, 3.63) is 66.6 Å². The summed E-state index contributed by atoms with van der Waals surface area (Å²) >= 11 is 0. The lowest BCUT2D eigenvalue weighted by Crippen LogP contribution is -2.32. The number of para-hydroxylation sites is 1. The van der Waals surface area contributed by atoms with Crippen LogP contribution in [0.15, 0.2) is 60.9 Å². The average molecular weight is 455 g/mol. The molecule has 4 rings (SSSR count).